The van der Waals surface area contributed by atoms with E-state index in [0.717, 1.165) is 12.8 Å². The molecule has 0 amide bonds. The van der Waals surface area contributed by atoms with Crippen molar-refractivity contribution in [2.24, 2.45) is 11.8 Å². The van der Waals surface area contributed by atoms with Gasteiger partial charge < -0.3 is 4.74 Å². The minimum atomic E-state index is 0.314. The Morgan fingerprint density at radius 1 is 1.36 bits per heavy atom. The molecule has 4 aliphatic rings. The molecule has 2 saturated carbocycles. The standard InChI is InChI=1S/C9H12O2/c10-6-3-1-2-5-7-4-8(11-7)9(5)6/h5,7-9H,1-4H2. The monoisotopic (exact) mass is 152 g/mol. The van der Waals surface area contributed by atoms with Gasteiger partial charge in [0.15, 0.2) is 0 Å². The smallest absolute Gasteiger partial charge is 0.138 e. The van der Waals surface area contributed by atoms with E-state index in [4.69, 9.17) is 4.74 Å². The molecule has 11 heavy (non-hydrogen) atoms. The Bertz CT molecular complexity index is 206. The lowest BCUT2D eigenvalue weighted by Gasteiger charge is -2.25. The summed E-state index contributed by atoms with van der Waals surface area (Å²) in [4.78, 5) is 11.4. The van der Waals surface area contributed by atoms with Crippen molar-refractivity contribution >= 4 is 5.78 Å². The number of ketones is 1. The van der Waals surface area contributed by atoms with Crippen LogP contribution in [0.1, 0.15) is 25.7 Å². The second-order valence-electron chi connectivity index (χ2n) is 4.00. The lowest BCUT2D eigenvalue weighted by atomic mass is 9.81. The van der Waals surface area contributed by atoms with Gasteiger partial charge in [0.2, 0.25) is 0 Å². The number of carbonyl (C=O) groups excluding carboxylic acids is 1. The Labute approximate surface area is 65.9 Å². The lowest BCUT2D eigenvalue weighted by molar-refractivity contribution is -0.128. The average molecular weight is 152 g/mol. The highest BCUT2D eigenvalue weighted by Crippen LogP contribution is 2.51. The lowest BCUT2D eigenvalue weighted by Crippen LogP contribution is -2.30. The fourth-order valence-corrected chi connectivity index (χ4v) is 2.95. The summed E-state index contributed by atoms with van der Waals surface area (Å²) in [6, 6.07) is 0. The highest BCUT2D eigenvalue weighted by atomic mass is 16.5. The van der Waals surface area contributed by atoms with Crippen molar-refractivity contribution in [2.75, 3.05) is 0 Å². The first-order valence-corrected chi connectivity index (χ1v) is 4.54. The summed E-state index contributed by atoms with van der Waals surface area (Å²) in [5.41, 5.74) is 0. The molecule has 0 spiro atoms. The van der Waals surface area contributed by atoms with Gasteiger partial charge >= 0.3 is 0 Å². The minimum absolute atomic E-state index is 0.314. The topological polar surface area (TPSA) is 26.3 Å². The Balaban J connectivity index is 1.92. The quantitative estimate of drug-likeness (QED) is 0.520. The maximum absolute atomic E-state index is 11.4. The summed E-state index contributed by atoms with van der Waals surface area (Å²) < 4.78 is 5.55. The molecule has 0 N–H and O–H groups in total. The molecule has 2 aliphatic heterocycles. The Morgan fingerprint density at radius 2 is 2.18 bits per heavy atom. The van der Waals surface area contributed by atoms with E-state index >= 15 is 0 Å². The summed E-state index contributed by atoms with van der Waals surface area (Å²) in [6.45, 7) is 0. The van der Waals surface area contributed by atoms with Crippen LogP contribution in [0.5, 0.6) is 0 Å². The van der Waals surface area contributed by atoms with Gasteiger partial charge in [-0.2, -0.15) is 0 Å². The van der Waals surface area contributed by atoms with E-state index in [9.17, 15) is 4.79 Å². The first-order valence-electron chi connectivity index (χ1n) is 4.54. The summed E-state index contributed by atoms with van der Waals surface area (Å²) in [7, 11) is 0. The van der Waals surface area contributed by atoms with E-state index in [2.05, 4.69) is 0 Å². The van der Waals surface area contributed by atoms with Crippen LogP contribution in [0.15, 0.2) is 0 Å². The van der Waals surface area contributed by atoms with Gasteiger partial charge in [0.25, 0.3) is 0 Å². The molecule has 0 aromatic rings. The molecule has 2 nitrogen and oxygen atoms in total. The number of hydrogen-bond donors (Lipinski definition) is 0. The largest absolute Gasteiger partial charge is 0.374 e. The molecule has 4 atom stereocenters. The molecule has 2 bridgehead atoms. The van der Waals surface area contributed by atoms with Crippen molar-refractivity contribution in [1.29, 1.82) is 0 Å². The maximum atomic E-state index is 11.4. The highest BCUT2D eigenvalue weighted by Gasteiger charge is 2.57. The molecule has 2 heteroatoms. The van der Waals surface area contributed by atoms with Crippen LogP contribution in [-0.4, -0.2) is 18.0 Å². The van der Waals surface area contributed by atoms with Crippen molar-refractivity contribution in [3.8, 4) is 0 Å². The number of rotatable bonds is 0. The molecule has 60 valence electrons. The van der Waals surface area contributed by atoms with Crippen LogP contribution in [0.2, 0.25) is 0 Å². The van der Waals surface area contributed by atoms with Gasteiger partial charge in [0.05, 0.1) is 12.2 Å². The average Bonchev–Trinajstić information content (AvgIpc) is 2.38. The zero-order valence-electron chi connectivity index (χ0n) is 6.45. The van der Waals surface area contributed by atoms with E-state index < -0.39 is 0 Å². The summed E-state index contributed by atoms with van der Waals surface area (Å²) in [5.74, 6) is 1.40. The third kappa shape index (κ3) is 0.639. The van der Waals surface area contributed by atoms with Crippen molar-refractivity contribution in [1.82, 2.24) is 0 Å². The second-order valence-corrected chi connectivity index (χ2v) is 4.00. The molecule has 4 fully saturated rings. The number of ether oxygens (including phenoxy) is 1. The summed E-state index contributed by atoms with van der Waals surface area (Å²) in [6.07, 6.45) is 5.12. The van der Waals surface area contributed by atoms with Crippen molar-refractivity contribution in [2.45, 2.75) is 37.9 Å². The van der Waals surface area contributed by atoms with Crippen LogP contribution in [-0.2, 0) is 9.53 Å². The molecule has 2 aliphatic carbocycles. The molecule has 4 rings (SSSR count). The number of Topliss-reactive ketones (excluding diaryl/α,β-unsaturated/α-hetero) is 1. The van der Waals surface area contributed by atoms with Gasteiger partial charge in [-0.3, -0.25) is 4.79 Å². The van der Waals surface area contributed by atoms with Crippen LogP contribution >= 0.6 is 0 Å². The molecule has 2 heterocycles. The third-order valence-electron chi connectivity index (χ3n) is 3.49. The molecular weight excluding hydrogens is 140 g/mol. The number of hydrogen-bond acceptors (Lipinski definition) is 2. The van der Waals surface area contributed by atoms with Gasteiger partial charge in [0.1, 0.15) is 5.78 Å². The molecule has 0 aromatic carbocycles. The molecule has 4 unspecified atom stereocenters. The summed E-state index contributed by atoms with van der Waals surface area (Å²) in [5, 5.41) is 0. The van der Waals surface area contributed by atoms with Crippen molar-refractivity contribution < 1.29 is 9.53 Å². The fraction of sp³-hybridized carbons (Fsp3) is 0.889. The van der Waals surface area contributed by atoms with E-state index in [-0.39, 0.29) is 0 Å². The van der Waals surface area contributed by atoms with E-state index in [0.29, 0.717) is 29.8 Å². The van der Waals surface area contributed by atoms with E-state index in [1.165, 1.54) is 12.8 Å². The zero-order chi connectivity index (χ0) is 7.42. The Hall–Kier alpha value is -0.370. The molecule has 0 radical (unpaired) electrons. The third-order valence-corrected chi connectivity index (χ3v) is 3.49. The predicted octanol–water partition coefficient (Wildman–Crippen LogP) is 1.14. The zero-order valence-corrected chi connectivity index (χ0v) is 6.45. The normalized spacial score (nSPS) is 53.6. The molecular formula is C9H12O2. The Morgan fingerprint density at radius 3 is 2.91 bits per heavy atom. The van der Waals surface area contributed by atoms with Crippen LogP contribution < -0.4 is 0 Å². The SMILES string of the molecule is O=C1CCCC2C3CC(O3)C12. The van der Waals surface area contributed by atoms with Crippen LogP contribution in [0.3, 0.4) is 0 Å². The van der Waals surface area contributed by atoms with Gasteiger partial charge in [-0.1, -0.05) is 0 Å². The fourth-order valence-electron chi connectivity index (χ4n) is 2.95. The van der Waals surface area contributed by atoms with Crippen LogP contribution in [0.4, 0.5) is 0 Å². The first kappa shape index (κ1) is 6.18. The predicted molar refractivity (Wildman–Crippen MR) is 39.1 cm³/mol. The van der Waals surface area contributed by atoms with Gasteiger partial charge in [-0.15, -0.1) is 0 Å². The van der Waals surface area contributed by atoms with Gasteiger partial charge in [-0.05, 0) is 18.8 Å². The van der Waals surface area contributed by atoms with Gasteiger partial charge in [0, 0.05) is 18.8 Å². The second kappa shape index (κ2) is 1.86. The van der Waals surface area contributed by atoms with E-state index in [1.807, 2.05) is 0 Å². The van der Waals surface area contributed by atoms with Crippen molar-refractivity contribution in [3.63, 3.8) is 0 Å². The number of carbonyl (C=O) groups is 1. The molecule has 0 aromatic heterocycles. The Kier molecular flexibility index (Phi) is 1.05. The maximum Gasteiger partial charge on any atom is 0.138 e. The first-order chi connectivity index (χ1) is 5.36. The van der Waals surface area contributed by atoms with E-state index in [1.54, 1.807) is 0 Å². The van der Waals surface area contributed by atoms with Gasteiger partial charge in [-0.25, -0.2) is 0 Å². The molecule has 2 saturated heterocycles. The van der Waals surface area contributed by atoms with Crippen LogP contribution in [0, 0.1) is 11.8 Å². The highest BCUT2D eigenvalue weighted by molar-refractivity contribution is 5.83. The summed E-state index contributed by atoms with van der Waals surface area (Å²) >= 11 is 0. The van der Waals surface area contributed by atoms with Crippen molar-refractivity contribution in [3.05, 3.63) is 0 Å². The van der Waals surface area contributed by atoms with Crippen LogP contribution in [0.25, 0.3) is 0 Å². The minimum Gasteiger partial charge on any atom is -0.374 e.